The largest absolute Gasteiger partial charge is 0.416 e. The highest BCUT2D eigenvalue weighted by Crippen LogP contribution is 2.33. The van der Waals surface area contributed by atoms with Gasteiger partial charge in [-0.05, 0) is 37.4 Å². The quantitative estimate of drug-likeness (QED) is 0.421. The maximum Gasteiger partial charge on any atom is 0.416 e. The molecule has 0 aliphatic carbocycles. The summed E-state index contributed by atoms with van der Waals surface area (Å²) in [5.74, 6) is -0.214. The highest BCUT2D eigenvalue weighted by molar-refractivity contribution is 7.98. The van der Waals surface area contributed by atoms with Crippen molar-refractivity contribution in [2.24, 2.45) is 0 Å². The SMILES string of the molecule is CSc1ncc2c(n1)N(C)C(=O)N(c1cc(NC(=O)c3cccc(C(F)(F)F)c3)cnc1C)C2. The van der Waals surface area contributed by atoms with Gasteiger partial charge in [0.25, 0.3) is 5.91 Å². The van der Waals surface area contributed by atoms with Crippen molar-refractivity contribution in [1.82, 2.24) is 15.0 Å². The van der Waals surface area contributed by atoms with Gasteiger partial charge in [0.2, 0.25) is 0 Å². The number of carbonyl (C=O) groups excluding carboxylic acids is 2. The van der Waals surface area contributed by atoms with Gasteiger partial charge in [0.05, 0.1) is 35.4 Å². The second kappa shape index (κ2) is 8.93. The first-order chi connectivity index (χ1) is 16.1. The lowest BCUT2D eigenvalue weighted by Gasteiger charge is -2.34. The van der Waals surface area contributed by atoms with Crippen molar-refractivity contribution in [2.75, 3.05) is 28.4 Å². The summed E-state index contributed by atoms with van der Waals surface area (Å²) in [6.07, 6.45) is 0.315. The predicted octanol–water partition coefficient (Wildman–Crippen LogP) is 4.75. The van der Waals surface area contributed by atoms with Gasteiger partial charge in [0.1, 0.15) is 5.82 Å². The van der Waals surface area contributed by atoms with Crippen LogP contribution in [0.4, 0.5) is 35.2 Å². The molecule has 4 rings (SSSR count). The molecule has 3 heterocycles. The van der Waals surface area contributed by atoms with Gasteiger partial charge < -0.3 is 5.32 Å². The molecule has 0 radical (unpaired) electrons. The zero-order valence-corrected chi connectivity index (χ0v) is 19.2. The van der Waals surface area contributed by atoms with Gasteiger partial charge in [-0.15, -0.1) is 0 Å². The highest BCUT2D eigenvalue weighted by atomic mass is 32.2. The zero-order valence-electron chi connectivity index (χ0n) is 18.3. The van der Waals surface area contributed by atoms with Crippen molar-refractivity contribution in [3.8, 4) is 0 Å². The first-order valence-corrected chi connectivity index (χ1v) is 11.2. The number of benzene rings is 1. The number of hydrogen-bond acceptors (Lipinski definition) is 6. The number of alkyl halides is 3. The molecule has 0 atom stereocenters. The Bertz CT molecular complexity index is 1280. The molecular weight excluding hydrogens is 469 g/mol. The number of aromatic nitrogens is 3. The van der Waals surface area contributed by atoms with E-state index in [4.69, 9.17) is 0 Å². The third kappa shape index (κ3) is 4.53. The van der Waals surface area contributed by atoms with Crippen LogP contribution in [0.25, 0.3) is 0 Å². The van der Waals surface area contributed by atoms with Crippen molar-refractivity contribution < 1.29 is 22.8 Å². The minimum absolute atomic E-state index is 0.151. The van der Waals surface area contributed by atoms with Crippen molar-refractivity contribution in [3.63, 3.8) is 0 Å². The van der Waals surface area contributed by atoms with Gasteiger partial charge in [-0.3, -0.25) is 19.6 Å². The second-order valence-corrected chi connectivity index (χ2v) is 8.27. The van der Waals surface area contributed by atoms with Crippen LogP contribution in [-0.2, 0) is 12.7 Å². The Morgan fingerprint density at radius 3 is 2.65 bits per heavy atom. The number of urea groups is 1. The molecular formula is C22H19F3N6O2S. The molecule has 34 heavy (non-hydrogen) atoms. The van der Waals surface area contributed by atoms with E-state index >= 15 is 0 Å². The summed E-state index contributed by atoms with van der Waals surface area (Å²) in [4.78, 5) is 41.5. The molecule has 8 nitrogen and oxygen atoms in total. The monoisotopic (exact) mass is 488 g/mol. The summed E-state index contributed by atoms with van der Waals surface area (Å²) in [5, 5.41) is 3.10. The Balaban J connectivity index is 1.61. The number of thioether (sulfide) groups is 1. The van der Waals surface area contributed by atoms with Gasteiger partial charge in [0.15, 0.2) is 5.16 Å². The fraction of sp³-hybridized carbons (Fsp3) is 0.227. The fourth-order valence-corrected chi connectivity index (χ4v) is 3.82. The number of rotatable bonds is 4. The van der Waals surface area contributed by atoms with Crippen LogP contribution in [-0.4, -0.2) is 40.2 Å². The maximum absolute atomic E-state index is 13.1. The molecule has 1 N–H and O–H groups in total. The summed E-state index contributed by atoms with van der Waals surface area (Å²) in [6.45, 7) is 1.91. The first kappa shape index (κ1) is 23.5. The molecule has 3 amide bonds. The first-order valence-electron chi connectivity index (χ1n) is 9.99. The number of fused-ring (bicyclic) bond motifs is 1. The molecule has 1 aliphatic rings. The van der Waals surface area contributed by atoms with E-state index in [0.29, 0.717) is 22.4 Å². The standard InChI is InChI=1S/C22H19F3N6O2S/c1-12-17(31-11-14-9-27-20(34-3)29-18(14)30(2)21(31)33)8-16(10-26-12)28-19(32)13-5-4-6-15(7-13)22(23,24)25/h4-10H,11H2,1-3H3,(H,28,32). The van der Waals surface area contributed by atoms with Crippen LogP contribution >= 0.6 is 11.8 Å². The number of nitrogens with one attached hydrogen (secondary N) is 1. The third-order valence-corrected chi connectivity index (χ3v) is 5.79. The van der Waals surface area contributed by atoms with Crippen LogP contribution in [0.3, 0.4) is 0 Å². The molecule has 0 saturated heterocycles. The van der Waals surface area contributed by atoms with Gasteiger partial charge in [0, 0.05) is 24.4 Å². The number of aryl methyl sites for hydroxylation is 1. The molecule has 12 heteroatoms. The van der Waals surface area contributed by atoms with Gasteiger partial charge in [-0.2, -0.15) is 13.2 Å². The van der Waals surface area contributed by atoms with Gasteiger partial charge in [-0.1, -0.05) is 17.8 Å². The average molecular weight is 488 g/mol. The van der Waals surface area contributed by atoms with E-state index in [2.05, 4.69) is 20.3 Å². The number of halogens is 3. The predicted molar refractivity (Wildman–Crippen MR) is 122 cm³/mol. The van der Waals surface area contributed by atoms with E-state index in [-0.39, 0.29) is 23.8 Å². The Morgan fingerprint density at radius 2 is 1.94 bits per heavy atom. The molecule has 0 saturated carbocycles. The van der Waals surface area contributed by atoms with Crippen LogP contribution in [0.15, 0.2) is 47.9 Å². The van der Waals surface area contributed by atoms with Crippen molar-refractivity contribution in [3.05, 3.63) is 65.1 Å². The molecule has 0 spiro atoms. The molecule has 2 aromatic heterocycles. The van der Waals surface area contributed by atoms with Gasteiger partial charge >= 0.3 is 12.2 Å². The fourth-order valence-electron chi connectivity index (χ4n) is 3.48. The molecule has 1 aliphatic heterocycles. The molecule has 0 unspecified atom stereocenters. The van der Waals surface area contributed by atoms with Gasteiger partial charge in [-0.25, -0.2) is 14.8 Å². The average Bonchev–Trinajstić information content (AvgIpc) is 2.82. The van der Waals surface area contributed by atoms with Crippen molar-refractivity contribution in [2.45, 2.75) is 24.8 Å². The number of carbonyl (C=O) groups is 2. The molecule has 3 aromatic rings. The number of amides is 3. The van der Waals surface area contributed by atoms with E-state index in [1.807, 2.05) is 6.26 Å². The smallest absolute Gasteiger partial charge is 0.321 e. The summed E-state index contributed by atoms with van der Waals surface area (Å²) in [5.41, 5.74) is 0.870. The summed E-state index contributed by atoms with van der Waals surface area (Å²) >= 11 is 1.37. The number of pyridine rings is 1. The van der Waals surface area contributed by atoms with E-state index in [1.165, 1.54) is 39.9 Å². The Morgan fingerprint density at radius 1 is 1.18 bits per heavy atom. The number of hydrogen-bond donors (Lipinski definition) is 1. The molecule has 0 fully saturated rings. The minimum atomic E-state index is -4.56. The third-order valence-electron chi connectivity index (χ3n) is 5.23. The lowest BCUT2D eigenvalue weighted by molar-refractivity contribution is -0.137. The minimum Gasteiger partial charge on any atom is -0.321 e. The summed E-state index contributed by atoms with van der Waals surface area (Å²) < 4.78 is 39.0. The van der Waals surface area contributed by atoms with Crippen LogP contribution in [0.1, 0.15) is 27.2 Å². The highest BCUT2D eigenvalue weighted by Gasteiger charge is 2.32. The second-order valence-electron chi connectivity index (χ2n) is 7.49. The molecule has 0 bridgehead atoms. The maximum atomic E-state index is 13.1. The lowest BCUT2D eigenvalue weighted by Crippen LogP contribution is -2.46. The van der Waals surface area contributed by atoms with E-state index < -0.39 is 17.6 Å². The zero-order chi connectivity index (χ0) is 24.6. The van der Waals surface area contributed by atoms with Crippen LogP contribution < -0.4 is 15.1 Å². The topological polar surface area (TPSA) is 91.3 Å². The normalized spacial score (nSPS) is 13.6. The Labute approximate surface area is 197 Å². The molecule has 1 aromatic carbocycles. The van der Waals surface area contributed by atoms with Crippen LogP contribution in [0, 0.1) is 6.92 Å². The van der Waals surface area contributed by atoms with E-state index in [9.17, 15) is 22.8 Å². The van der Waals surface area contributed by atoms with E-state index in [0.717, 1.165) is 17.7 Å². The number of nitrogens with zero attached hydrogens (tertiary/aromatic N) is 5. The number of anilines is 3. The van der Waals surface area contributed by atoms with Crippen molar-refractivity contribution >= 4 is 40.9 Å². The Kier molecular flexibility index (Phi) is 6.17. The summed E-state index contributed by atoms with van der Waals surface area (Å²) in [7, 11) is 1.60. The van der Waals surface area contributed by atoms with E-state index in [1.54, 1.807) is 26.2 Å². The summed E-state index contributed by atoms with van der Waals surface area (Å²) in [6, 6.07) is 5.34. The lowest BCUT2D eigenvalue weighted by atomic mass is 10.1. The van der Waals surface area contributed by atoms with Crippen LogP contribution in [0.5, 0.6) is 0 Å². The molecule has 176 valence electrons. The Hall–Kier alpha value is -3.67. The van der Waals surface area contributed by atoms with Crippen LogP contribution in [0.2, 0.25) is 0 Å². The van der Waals surface area contributed by atoms with Crippen molar-refractivity contribution in [1.29, 1.82) is 0 Å².